The van der Waals surface area contributed by atoms with Gasteiger partial charge in [0.05, 0.1) is 18.4 Å². The summed E-state index contributed by atoms with van der Waals surface area (Å²) in [5, 5.41) is 0. The molecule has 0 radical (unpaired) electrons. The van der Waals surface area contributed by atoms with Crippen molar-refractivity contribution in [3.63, 3.8) is 0 Å². The fourth-order valence-electron chi connectivity index (χ4n) is 2.11. The molecule has 0 spiro atoms. The minimum Gasteiger partial charge on any atom is -0.467 e. The standard InChI is InChI=1S/C17H13BrN2O2/c18-15-8-2-1-7-14(15)17(21)20(12-13-6-5-11-22-13)16-9-3-4-10-19-16/h1-11H,12H2. The average Bonchev–Trinajstić information content (AvgIpc) is 3.06. The Morgan fingerprint density at radius 3 is 2.59 bits per heavy atom. The van der Waals surface area contributed by atoms with E-state index in [2.05, 4.69) is 20.9 Å². The van der Waals surface area contributed by atoms with Gasteiger partial charge in [0, 0.05) is 10.7 Å². The third kappa shape index (κ3) is 3.09. The predicted molar refractivity (Wildman–Crippen MR) is 87.6 cm³/mol. The molecule has 0 unspecified atom stereocenters. The molecule has 3 rings (SSSR count). The van der Waals surface area contributed by atoms with Crippen LogP contribution in [0.4, 0.5) is 5.82 Å². The molecule has 4 nitrogen and oxygen atoms in total. The highest BCUT2D eigenvalue weighted by atomic mass is 79.9. The number of furan rings is 1. The number of benzene rings is 1. The number of rotatable bonds is 4. The molecule has 3 aromatic rings. The van der Waals surface area contributed by atoms with Crippen molar-refractivity contribution in [1.82, 2.24) is 4.98 Å². The maximum atomic E-state index is 12.9. The van der Waals surface area contributed by atoms with Crippen molar-refractivity contribution in [1.29, 1.82) is 0 Å². The van der Waals surface area contributed by atoms with Gasteiger partial charge in [-0.25, -0.2) is 4.98 Å². The molecule has 0 atom stereocenters. The summed E-state index contributed by atoms with van der Waals surface area (Å²) in [6.07, 6.45) is 3.26. The minimum absolute atomic E-state index is 0.137. The zero-order valence-corrected chi connectivity index (χ0v) is 13.2. The number of nitrogens with zero attached hydrogens (tertiary/aromatic N) is 2. The van der Waals surface area contributed by atoms with Crippen LogP contribution < -0.4 is 4.90 Å². The lowest BCUT2D eigenvalue weighted by atomic mass is 10.2. The summed E-state index contributed by atoms with van der Waals surface area (Å²) in [5.74, 6) is 1.15. The first-order valence-electron chi connectivity index (χ1n) is 6.75. The molecule has 0 aliphatic heterocycles. The van der Waals surface area contributed by atoms with Crippen LogP contribution in [-0.4, -0.2) is 10.9 Å². The van der Waals surface area contributed by atoms with Crippen LogP contribution in [0.15, 0.2) is 75.9 Å². The van der Waals surface area contributed by atoms with E-state index < -0.39 is 0 Å². The topological polar surface area (TPSA) is 46.3 Å². The SMILES string of the molecule is O=C(c1ccccc1Br)N(Cc1ccco1)c1ccccn1. The lowest BCUT2D eigenvalue weighted by Gasteiger charge is -2.21. The zero-order chi connectivity index (χ0) is 15.4. The van der Waals surface area contributed by atoms with Gasteiger partial charge < -0.3 is 4.42 Å². The monoisotopic (exact) mass is 356 g/mol. The van der Waals surface area contributed by atoms with Crippen molar-refractivity contribution in [2.75, 3.05) is 4.90 Å². The van der Waals surface area contributed by atoms with E-state index in [1.165, 1.54) is 0 Å². The van der Waals surface area contributed by atoms with Gasteiger partial charge in [0.15, 0.2) is 0 Å². The lowest BCUT2D eigenvalue weighted by molar-refractivity contribution is 0.0981. The Hall–Kier alpha value is -2.40. The Morgan fingerprint density at radius 1 is 1.09 bits per heavy atom. The second-order valence-corrected chi connectivity index (χ2v) is 5.49. The number of hydrogen-bond donors (Lipinski definition) is 0. The molecule has 1 aromatic carbocycles. The molecule has 0 fully saturated rings. The van der Waals surface area contributed by atoms with E-state index in [-0.39, 0.29) is 5.91 Å². The number of aromatic nitrogens is 1. The fourth-order valence-corrected chi connectivity index (χ4v) is 2.56. The van der Waals surface area contributed by atoms with Gasteiger partial charge in [0.25, 0.3) is 5.91 Å². The normalized spacial score (nSPS) is 10.4. The van der Waals surface area contributed by atoms with E-state index >= 15 is 0 Å². The van der Waals surface area contributed by atoms with E-state index in [4.69, 9.17) is 4.42 Å². The van der Waals surface area contributed by atoms with Crippen LogP contribution >= 0.6 is 15.9 Å². The summed E-state index contributed by atoms with van der Waals surface area (Å²) in [5.41, 5.74) is 0.583. The quantitative estimate of drug-likeness (QED) is 0.700. The van der Waals surface area contributed by atoms with Crippen molar-refractivity contribution >= 4 is 27.7 Å². The van der Waals surface area contributed by atoms with Crippen LogP contribution in [0.2, 0.25) is 0 Å². The summed E-state index contributed by atoms with van der Waals surface area (Å²) in [6.45, 7) is 0.324. The first-order valence-corrected chi connectivity index (χ1v) is 7.55. The van der Waals surface area contributed by atoms with Crippen LogP contribution in [0.5, 0.6) is 0 Å². The molecule has 0 aliphatic carbocycles. The lowest BCUT2D eigenvalue weighted by Crippen LogP contribution is -2.31. The third-order valence-corrected chi connectivity index (χ3v) is 3.86. The van der Waals surface area contributed by atoms with Crippen LogP contribution in [0, 0.1) is 0 Å². The van der Waals surface area contributed by atoms with Gasteiger partial charge in [-0.1, -0.05) is 18.2 Å². The highest BCUT2D eigenvalue weighted by Crippen LogP contribution is 2.22. The molecule has 0 saturated heterocycles. The maximum absolute atomic E-state index is 12.9. The number of halogens is 1. The summed E-state index contributed by atoms with van der Waals surface area (Å²) >= 11 is 3.42. The van der Waals surface area contributed by atoms with Crippen molar-refractivity contribution in [3.05, 3.63) is 82.9 Å². The van der Waals surface area contributed by atoms with Gasteiger partial charge in [-0.05, 0) is 52.3 Å². The van der Waals surface area contributed by atoms with Crippen molar-refractivity contribution in [3.8, 4) is 0 Å². The van der Waals surface area contributed by atoms with E-state index in [0.29, 0.717) is 23.7 Å². The van der Waals surface area contributed by atoms with Gasteiger partial charge in [0.1, 0.15) is 11.6 Å². The van der Waals surface area contributed by atoms with Crippen LogP contribution in [0.25, 0.3) is 0 Å². The van der Waals surface area contributed by atoms with Crippen molar-refractivity contribution in [2.45, 2.75) is 6.54 Å². The number of hydrogen-bond acceptors (Lipinski definition) is 3. The predicted octanol–water partition coefficient (Wildman–Crippen LogP) is 4.28. The number of carbonyl (C=O) groups excluding carboxylic acids is 1. The van der Waals surface area contributed by atoms with Crippen molar-refractivity contribution in [2.24, 2.45) is 0 Å². The van der Waals surface area contributed by atoms with E-state index in [1.807, 2.05) is 36.4 Å². The van der Waals surface area contributed by atoms with Gasteiger partial charge in [-0.2, -0.15) is 0 Å². The molecular weight excluding hydrogens is 344 g/mol. The Bertz CT molecular complexity index is 757. The summed E-state index contributed by atoms with van der Waals surface area (Å²) in [4.78, 5) is 18.8. The largest absolute Gasteiger partial charge is 0.467 e. The molecule has 5 heteroatoms. The zero-order valence-electron chi connectivity index (χ0n) is 11.6. The van der Waals surface area contributed by atoms with Crippen LogP contribution in [-0.2, 0) is 6.54 Å². The van der Waals surface area contributed by atoms with Gasteiger partial charge in [0.2, 0.25) is 0 Å². The third-order valence-electron chi connectivity index (χ3n) is 3.17. The second kappa shape index (κ2) is 6.58. The molecule has 110 valence electrons. The van der Waals surface area contributed by atoms with E-state index in [0.717, 1.165) is 4.47 Å². The molecular formula is C17H13BrN2O2. The summed E-state index contributed by atoms with van der Waals surface area (Å²) in [7, 11) is 0. The number of pyridine rings is 1. The van der Waals surface area contributed by atoms with Gasteiger partial charge in [-0.15, -0.1) is 0 Å². The molecule has 2 aromatic heterocycles. The highest BCUT2D eigenvalue weighted by molar-refractivity contribution is 9.10. The van der Waals surface area contributed by atoms with Crippen LogP contribution in [0.3, 0.4) is 0 Å². The average molecular weight is 357 g/mol. The Balaban J connectivity index is 1.98. The van der Waals surface area contributed by atoms with E-state index in [1.54, 1.807) is 35.6 Å². The molecule has 2 heterocycles. The number of amides is 1. The maximum Gasteiger partial charge on any atom is 0.261 e. The number of anilines is 1. The molecule has 0 bridgehead atoms. The van der Waals surface area contributed by atoms with E-state index in [9.17, 15) is 4.79 Å². The van der Waals surface area contributed by atoms with Gasteiger partial charge in [-0.3, -0.25) is 9.69 Å². The Labute approximate surface area is 136 Å². The minimum atomic E-state index is -0.137. The van der Waals surface area contributed by atoms with Gasteiger partial charge >= 0.3 is 0 Å². The number of carbonyl (C=O) groups is 1. The molecule has 0 aliphatic rings. The van der Waals surface area contributed by atoms with Crippen molar-refractivity contribution < 1.29 is 9.21 Å². The molecule has 1 amide bonds. The molecule has 0 N–H and O–H groups in total. The first kappa shape index (κ1) is 14.5. The Kier molecular flexibility index (Phi) is 4.34. The fraction of sp³-hybridized carbons (Fsp3) is 0.0588. The first-order chi connectivity index (χ1) is 10.8. The summed E-state index contributed by atoms with van der Waals surface area (Å²) in [6, 6.07) is 16.4. The smallest absolute Gasteiger partial charge is 0.261 e. The summed E-state index contributed by atoms with van der Waals surface area (Å²) < 4.78 is 6.12. The second-order valence-electron chi connectivity index (χ2n) is 4.64. The Morgan fingerprint density at radius 2 is 1.91 bits per heavy atom. The van der Waals surface area contributed by atoms with Crippen LogP contribution in [0.1, 0.15) is 16.1 Å². The molecule has 0 saturated carbocycles. The molecule has 22 heavy (non-hydrogen) atoms. The highest BCUT2D eigenvalue weighted by Gasteiger charge is 2.21.